The van der Waals surface area contributed by atoms with E-state index in [1.807, 2.05) is 54.6 Å². The predicted molar refractivity (Wildman–Crippen MR) is 122 cm³/mol. The first-order valence-corrected chi connectivity index (χ1v) is 11.3. The summed E-state index contributed by atoms with van der Waals surface area (Å²) in [6.45, 7) is 2.60. The second kappa shape index (κ2) is 10.4. The van der Waals surface area contributed by atoms with Gasteiger partial charge in [-0.05, 0) is 48.9 Å². The molecule has 2 aromatic rings. The number of amides is 2. The van der Waals surface area contributed by atoms with Gasteiger partial charge in [-0.3, -0.25) is 0 Å². The summed E-state index contributed by atoms with van der Waals surface area (Å²) >= 11 is 0. The third kappa shape index (κ3) is 5.49. The van der Waals surface area contributed by atoms with Crippen molar-refractivity contribution in [3.63, 3.8) is 0 Å². The lowest BCUT2D eigenvalue weighted by molar-refractivity contribution is -0.141. The smallest absolute Gasteiger partial charge is 0.338 e. The zero-order valence-corrected chi connectivity index (χ0v) is 18.4. The highest BCUT2D eigenvalue weighted by molar-refractivity contribution is 5.95. The molecule has 32 heavy (non-hydrogen) atoms. The van der Waals surface area contributed by atoms with Crippen LogP contribution in [-0.4, -0.2) is 18.6 Å². The van der Waals surface area contributed by atoms with Crippen LogP contribution in [0.5, 0.6) is 5.75 Å². The summed E-state index contributed by atoms with van der Waals surface area (Å²) in [7, 11) is 0. The first-order chi connectivity index (χ1) is 15.6. The van der Waals surface area contributed by atoms with Crippen LogP contribution in [0, 0.1) is 5.92 Å². The lowest BCUT2D eigenvalue weighted by Crippen LogP contribution is -2.45. The van der Waals surface area contributed by atoms with E-state index in [0.29, 0.717) is 36.2 Å². The SMILES string of the molecule is CC1=C(C(=O)OCC2CCCCC2)[C@H](c2cccc(OCc3ccccc3)c2)NC(=O)N1. The topological polar surface area (TPSA) is 76.7 Å². The molecule has 0 bridgehead atoms. The summed E-state index contributed by atoms with van der Waals surface area (Å²) in [5.74, 6) is 0.709. The fourth-order valence-electron chi connectivity index (χ4n) is 4.36. The van der Waals surface area contributed by atoms with Crippen LogP contribution < -0.4 is 15.4 Å². The van der Waals surface area contributed by atoms with Crippen molar-refractivity contribution in [1.82, 2.24) is 10.6 Å². The monoisotopic (exact) mass is 434 g/mol. The molecular formula is C26H30N2O4. The van der Waals surface area contributed by atoms with Gasteiger partial charge in [0.2, 0.25) is 0 Å². The summed E-state index contributed by atoms with van der Waals surface area (Å²) in [5, 5.41) is 5.58. The molecular weight excluding hydrogens is 404 g/mol. The van der Waals surface area contributed by atoms with Crippen molar-refractivity contribution in [2.75, 3.05) is 6.61 Å². The summed E-state index contributed by atoms with van der Waals surface area (Å²) < 4.78 is 11.6. The Bertz CT molecular complexity index is 980. The van der Waals surface area contributed by atoms with E-state index in [0.717, 1.165) is 24.0 Å². The number of carbonyl (C=O) groups is 2. The van der Waals surface area contributed by atoms with Gasteiger partial charge in [-0.15, -0.1) is 0 Å². The Morgan fingerprint density at radius 2 is 1.81 bits per heavy atom. The van der Waals surface area contributed by atoms with Crippen molar-refractivity contribution in [3.05, 3.63) is 77.0 Å². The standard InChI is InChI=1S/C26H30N2O4/c1-18-23(25(29)32-17-20-11-6-3-7-12-20)24(28-26(30)27-18)21-13-8-14-22(15-21)31-16-19-9-4-2-5-10-19/h2,4-5,8-10,13-15,20,24H,3,6-7,11-12,16-17H2,1H3,(H2,27,28,30)/t24-/m0/s1. The minimum absolute atomic E-state index is 0.341. The zero-order chi connectivity index (χ0) is 22.3. The first-order valence-electron chi connectivity index (χ1n) is 11.3. The fourth-order valence-corrected chi connectivity index (χ4v) is 4.36. The van der Waals surface area contributed by atoms with Gasteiger partial charge in [0.15, 0.2) is 0 Å². The highest BCUT2D eigenvalue weighted by Crippen LogP contribution is 2.31. The minimum Gasteiger partial charge on any atom is -0.489 e. The summed E-state index contributed by atoms with van der Waals surface area (Å²) in [6.07, 6.45) is 5.85. The maximum atomic E-state index is 13.0. The van der Waals surface area contributed by atoms with Crippen LogP contribution in [0.1, 0.15) is 56.2 Å². The Labute approximate surface area is 189 Å². The summed E-state index contributed by atoms with van der Waals surface area (Å²) in [5.41, 5.74) is 2.79. The average Bonchev–Trinajstić information content (AvgIpc) is 2.82. The first kappa shape index (κ1) is 21.9. The maximum absolute atomic E-state index is 13.0. The van der Waals surface area contributed by atoms with Crippen LogP contribution in [-0.2, 0) is 16.1 Å². The lowest BCUT2D eigenvalue weighted by Gasteiger charge is -2.29. The second-order valence-corrected chi connectivity index (χ2v) is 8.52. The Hall–Kier alpha value is -3.28. The van der Waals surface area contributed by atoms with Gasteiger partial charge in [0.1, 0.15) is 12.4 Å². The molecule has 2 N–H and O–H groups in total. The van der Waals surface area contributed by atoms with Crippen molar-refractivity contribution in [1.29, 1.82) is 0 Å². The predicted octanol–water partition coefficient (Wildman–Crippen LogP) is 5.02. The molecule has 6 heteroatoms. The Morgan fingerprint density at radius 1 is 1.03 bits per heavy atom. The quantitative estimate of drug-likeness (QED) is 0.600. The highest BCUT2D eigenvalue weighted by atomic mass is 16.5. The van der Waals surface area contributed by atoms with Gasteiger partial charge in [0.05, 0.1) is 18.2 Å². The van der Waals surface area contributed by atoms with Crippen LogP contribution in [0.4, 0.5) is 4.79 Å². The van der Waals surface area contributed by atoms with Crippen molar-refractivity contribution in [3.8, 4) is 5.75 Å². The summed E-state index contributed by atoms with van der Waals surface area (Å²) in [4.78, 5) is 25.2. The normalized spacial score (nSPS) is 19.2. The van der Waals surface area contributed by atoms with Crippen LogP contribution >= 0.6 is 0 Å². The maximum Gasteiger partial charge on any atom is 0.338 e. The van der Waals surface area contributed by atoms with E-state index >= 15 is 0 Å². The minimum atomic E-state index is -0.595. The molecule has 2 amide bonds. The van der Waals surface area contributed by atoms with Gasteiger partial charge >= 0.3 is 12.0 Å². The molecule has 0 unspecified atom stereocenters. The molecule has 168 valence electrons. The Kier molecular flexibility index (Phi) is 7.10. The van der Waals surface area contributed by atoms with E-state index in [1.165, 1.54) is 19.3 Å². The molecule has 2 aromatic carbocycles. The number of nitrogens with one attached hydrogen (secondary N) is 2. The number of esters is 1. The van der Waals surface area contributed by atoms with E-state index in [-0.39, 0.29) is 12.0 Å². The van der Waals surface area contributed by atoms with E-state index in [9.17, 15) is 9.59 Å². The van der Waals surface area contributed by atoms with E-state index in [4.69, 9.17) is 9.47 Å². The van der Waals surface area contributed by atoms with Gasteiger partial charge in [-0.25, -0.2) is 9.59 Å². The molecule has 2 aliphatic rings. The number of benzene rings is 2. The Balaban J connectivity index is 1.49. The molecule has 1 aliphatic heterocycles. The van der Waals surface area contributed by atoms with E-state index in [2.05, 4.69) is 10.6 Å². The third-order valence-corrected chi connectivity index (χ3v) is 6.10. The molecule has 0 spiro atoms. The van der Waals surface area contributed by atoms with Gasteiger partial charge in [-0.1, -0.05) is 61.7 Å². The van der Waals surface area contributed by atoms with Gasteiger partial charge in [0, 0.05) is 5.70 Å². The molecule has 1 heterocycles. The van der Waals surface area contributed by atoms with Gasteiger partial charge in [0.25, 0.3) is 0 Å². The van der Waals surface area contributed by atoms with Crippen molar-refractivity contribution in [2.45, 2.75) is 51.7 Å². The number of hydrogen-bond donors (Lipinski definition) is 2. The number of allylic oxidation sites excluding steroid dienone is 1. The van der Waals surface area contributed by atoms with E-state index < -0.39 is 6.04 Å². The van der Waals surface area contributed by atoms with Crippen LogP contribution in [0.3, 0.4) is 0 Å². The molecule has 4 rings (SSSR count). The van der Waals surface area contributed by atoms with E-state index in [1.54, 1.807) is 6.92 Å². The zero-order valence-electron chi connectivity index (χ0n) is 18.4. The summed E-state index contributed by atoms with van der Waals surface area (Å²) in [6, 6.07) is 16.5. The molecule has 0 aromatic heterocycles. The van der Waals surface area contributed by atoms with Crippen molar-refractivity contribution in [2.24, 2.45) is 5.92 Å². The van der Waals surface area contributed by atoms with Crippen molar-refractivity contribution < 1.29 is 19.1 Å². The second-order valence-electron chi connectivity index (χ2n) is 8.52. The van der Waals surface area contributed by atoms with Gasteiger partial charge < -0.3 is 20.1 Å². The largest absolute Gasteiger partial charge is 0.489 e. The fraction of sp³-hybridized carbons (Fsp3) is 0.385. The number of urea groups is 1. The number of hydrogen-bond acceptors (Lipinski definition) is 4. The Morgan fingerprint density at radius 3 is 2.59 bits per heavy atom. The molecule has 1 saturated carbocycles. The molecule has 1 fully saturated rings. The third-order valence-electron chi connectivity index (χ3n) is 6.10. The van der Waals surface area contributed by atoms with Gasteiger partial charge in [-0.2, -0.15) is 0 Å². The van der Waals surface area contributed by atoms with Crippen LogP contribution in [0.15, 0.2) is 65.9 Å². The molecule has 0 saturated heterocycles. The van der Waals surface area contributed by atoms with Crippen molar-refractivity contribution >= 4 is 12.0 Å². The molecule has 0 radical (unpaired) electrons. The van der Waals surface area contributed by atoms with Crippen LogP contribution in [0.25, 0.3) is 0 Å². The number of rotatable bonds is 7. The lowest BCUT2D eigenvalue weighted by atomic mass is 9.90. The highest BCUT2D eigenvalue weighted by Gasteiger charge is 2.33. The van der Waals surface area contributed by atoms with Crippen LogP contribution in [0.2, 0.25) is 0 Å². The molecule has 6 nitrogen and oxygen atoms in total. The molecule has 1 aliphatic carbocycles. The number of carbonyl (C=O) groups excluding carboxylic acids is 2. The molecule has 1 atom stereocenters. The average molecular weight is 435 g/mol. The number of ether oxygens (including phenoxy) is 2.